The zero-order valence-electron chi connectivity index (χ0n) is 5.10. The van der Waals surface area contributed by atoms with E-state index in [0.717, 1.165) is 32.1 Å². The van der Waals surface area contributed by atoms with E-state index in [2.05, 4.69) is 0 Å². The maximum atomic E-state index is 5.35. The van der Waals surface area contributed by atoms with Crippen LogP contribution in [0.3, 0.4) is 0 Å². The molecule has 1 aliphatic rings. The van der Waals surface area contributed by atoms with Gasteiger partial charge in [-0.25, -0.2) is 0 Å². The SMILES string of the molecule is NCC[C@H]1CCOC1. The first-order valence-electron chi connectivity index (χ1n) is 3.21. The van der Waals surface area contributed by atoms with E-state index in [0.29, 0.717) is 0 Å². The van der Waals surface area contributed by atoms with Gasteiger partial charge in [-0.1, -0.05) is 0 Å². The Labute approximate surface area is 50.0 Å². The number of nitrogens with two attached hydrogens (primary N) is 1. The van der Waals surface area contributed by atoms with Gasteiger partial charge < -0.3 is 10.5 Å². The lowest BCUT2D eigenvalue weighted by Crippen LogP contribution is -2.07. The molecule has 0 aromatic heterocycles. The van der Waals surface area contributed by atoms with Crippen molar-refractivity contribution in [1.29, 1.82) is 0 Å². The van der Waals surface area contributed by atoms with E-state index in [-0.39, 0.29) is 0 Å². The smallest absolute Gasteiger partial charge is 0.0495 e. The number of ether oxygens (including phenoxy) is 1. The fraction of sp³-hybridized carbons (Fsp3) is 1.00. The van der Waals surface area contributed by atoms with Crippen LogP contribution in [0, 0.1) is 5.92 Å². The Bertz CT molecular complexity index is 59.5. The summed E-state index contributed by atoms with van der Waals surface area (Å²) in [6, 6.07) is 0. The van der Waals surface area contributed by atoms with Gasteiger partial charge in [0.05, 0.1) is 0 Å². The van der Waals surface area contributed by atoms with Crippen molar-refractivity contribution in [1.82, 2.24) is 0 Å². The Morgan fingerprint density at radius 1 is 1.62 bits per heavy atom. The molecule has 8 heavy (non-hydrogen) atoms. The molecule has 0 bridgehead atoms. The molecule has 0 amide bonds. The lowest BCUT2D eigenvalue weighted by atomic mass is 10.1. The highest BCUT2D eigenvalue weighted by Crippen LogP contribution is 2.14. The van der Waals surface area contributed by atoms with Crippen molar-refractivity contribution in [2.24, 2.45) is 11.7 Å². The number of rotatable bonds is 2. The molecule has 48 valence electrons. The second-order valence-corrected chi connectivity index (χ2v) is 2.31. The fourth-order valence-electron chi connectivity index (χ4n) is 1.05. The van der Waals surface area contributed by atoms with Gasteiger partial charge in [0.2, 0.25) is 0 Å². The predicted molar refractivity (Wildman–Crippen MR) is 32.6 cm³/mol. The van der Waals surface area contributed by atoms with E-state index in [1.54, 1.807) is 0 Å². The normalized spacial score (nSPS) is 28.9. The van der Waals surface area contributed by atoms with E-state index in [1.807, 2.05) is 0 Å². The van der Waals surface area contributed by atoms with E-state index in [1.165, 1.54) is 6.42 Å². The van der Waals surface area contributed by atoms with Crippen LogP contribution >= 0.6 is 0 Å². The summed E-state index contributed by atoms with van der Waals surface area (Å²) in [6.45, 7) is 2.70. The maximum Gasteiger partial charge on any atom is 0.0495 e. The average Bonchev–Trinajstić information content (AvgIpc) is 2.19. The van der Waals surface area contributed by atoms with Crippen molar-refractivity contribution in [2.75, 3.05) is 19.8 Å². The summed E-state index contributed by atoms with van der Waals surface area (Å²) in [6.07, 6.45) is 2.36. The maximum absolute atomic E-state index is 5.35. The third kappa shape index (κ3) is 1.46. The fourth-order valence-corrected chi connectivity index (χ4v) is 1.05. The van der Waals surface area contributed by atoms with Gasteiger partial charge in [0.1, 0.15) is 0 Å². The van der Waals surface area contributed by atoms with Crippen molar-refractivity contribution in [3.8, 4) is 0 Å². The third-order valence-electron chi connectivity index (χ3n) is 1.60. The summed E-state index contributed by atoms with van der Waals surface area (Å²) >= 11 is 0. The van der Waals surface area contributed by atoms with Gasteiger partial charge >= 0.3 is 0 Å². The summed E-state index contributed by atoms with van der Waals surface area (Å²) < 4.78 is 5.15. The summed E-state index contributed by atoms with van der Waals surface area (Å²) in [7, 11) is 0. The first-order valence-corrected chi connectivity index (χ1v) is 3.21. The van der Waals surface area contributed by atoms with Crippen LogP contribution in [0.2, 0.25) is 0 Å². The van der Waals surface area contributed by atoms with Crippen LogP contribution < -0.4 is 5.73 Å². The zero-order valence-corrected chi connectivity index (χ0v) is 5.10. The Morgan fingerprint density at radius 3 is 3.00 bits per heavy atom. The summed E-state index contributed by atoms with van der Waals surface area (Å²) in [4.78, 5) is 0. The van der Waals surface area contributed by atoms with Crippen LogP contribution in [-0.4, -0.2) is 19.8 Å². The molecule has 0 aromatic carbocycles. The summed E-state index contributed by atoms with van der Waals surface area (Å²) in [5.74, 6) is 0.764. The quantitative estimate of drug-likeness (QED) is 0.564. The minimum absolute atomic E-state index is 0.764. The van der Waals surface area contributed by atoms with Crippen LogP contribution in [0.15, 0.2) is 0 Å². The molecule has 2 N–H and O–H groups in total. The molecule has 1 saturated heterocycles. The third-order valence-corrected chi connectivity index (χ3v) is 1.60. The predicted octanol–water partition coefficient (Wildman–Crippen LogP) is 0.372. The van der Waals surface area contributed by atoms with E-state index < -0.39 is 0 Å². The molecule has 0 aliphatic carbocycles. The molecule has 0 saturated carbocycles. The molecule has 0 aromatic rings. The summed E-state index contributed by atoms with van der Waals surface area (Å²) in [5.41, 5.74) is 5.35. The van der Waals surface area contributed by atoms with Crippen LogP contribution in [-0.2, 0) is 4.74 Å². The Morgan fingerprint density at radius 2 is 2.50 bits per heavy atom. The molecule has 1 heterocycles. The topological polar surface area (TPSA) is 35.2 Å². The highest BCUT2D eigenvalue weighted by molar-refractivity contribution is 4.63. The zero-order chi connectivity index (χ0) is 5.82. The first-order chi connectivity index (χ1) is 3.93. The lowest BCUT2D eigenvalue weighted by Gasteiger charge is -2.01. The highest BCUT2D eigenvalue weighted by atomic mass is 16.5. The first kappa shape index (κ1) is 6.05. The molecule has 0 spiro atoms. The van der Waals surface area contributed by atoms with E-state index in [4.69, 9.17) is 10.5 Å². The van der Waals surface area contributed by atoms with Crippen molar-refractivity contribution in [3.05, 3.63) is 0 Å². The van der Waals surface area contributed by atoms with Crippen molar-refractivity contribution in [2.45, 2.75) is 12.8 Å². The van der Waals surface area contributed by atoms with Gasteiger partial charge in [0, 0.05) is 13.2 Å². The molecule has 1 fully saturated rings. The monoisotopic (exact) mass is 115 g/mol. The van der Waals surface area contributed by atoms with Gasteiger partial charge in [-0.3, -0.25) is 0 Å². The Balaban J connectivity index is 2.06. The van der Waals surface area contributed by atoms with Gasteiger partial charge in [0.25, 0.3) is 0 Å². The van der Waals surface area contributed by atoms with Gasteiger partial charge in [0.15, 0.2) is 0 Å². The molecular formula is C6H13NO. The van der Waals surface area contributed by atoms with Crippen LogP contribution in [0.1, 0.15) is 12.8 Å². The Hall–Kier alpha value is -0.0800. The standard InChI is InChI=1S/C6H13NO/c7-3-1-6-2-4-8-5-6/h6H,1-5,7H2/t6-/m0/s1. The number of hydrogen-bond acceptors (Lipinski definition) is 2. The minimum Gasteiger partial charge on any atom is -0.381 e. The number of hydrogen-bond donors (Lipinski definition) is 1. The highest BCUT2D eigenvalue weighted by Gasteiger charge is 2.13. The van der Waals surface area contributed by atoms with Gasteiger partial charge in [-0.15, -0.1) is 0 Å². The molecule has 1 aliphatic heterocycles. The summed E-state index contributed by atoms with van der Waals surface area (Å²) in [5, 5.41) is 0. The lowest BCUT2D eigenvalue weighted by molar-refractivity contribution is 0.184. The molecule has 0 radical (unpaired) electrons. The van der Waals surface area contributed by atoms with Gasteiger partial charge in [-0.05, 0) is 25.3 Å². The molecule has 2 heteroatoms. The van der Waals surface area contributed by atoms with Crippen LogP contribution in [0.4, 0.5) is 0 Å². The van der Waals surface area contributed by atoms with E-state index >= 15 is 0 Å². The molecule has 1 rings (SSSR count). The Kier molecular flexibility index (Phi) is 2.30. The van der Waals surface area contributed by atoms with Crippen molar-refractivity contribution >= 4 is 0 Å². The van der Waals surface area contributed by atoms with Crippen LogP contribution in [0.5, 0.6) is 0 Å². The molecule has 0 unspecified atom stereocenters. The van der Waals surface area contributed by atoms with Crippen LogP contribution in [0.25, 0.3) is 0 Å². The molecule has 1 atom stereocenters. The molecule has 2 nitrogen and oxygen atoms in total. The second-order valence-electron chi connectivity index (χ2n) is 2.31. The van der Waals surface area contributed by atoms with E-state index in [9.17, 15) is 0 Å². The van der Waals surface area contributed by atoms with Crippen molar-refractivity contribution < 1.29 is 4.74 Å². The second kappa shape index (κ2) is 3.05. The largest absolute Gasteiger partial charge is 0.381 e. The van der Waals surface area contributed by atoms with Gasteiger partial charge in [-0.2, -0.15) is 0 Å². The molecular weight excluding hydrogens is 102 g/mol. The average molecular weight is 115 g/mol. The minimum atomic E-state index is 0.764. The van der Waals surface area contributed by atoms with Crippen molar-refractivity contribution in [3.63, 3.8) is 0 Å².